The van der Waals surface area contributed by atoms with Crippen LogP contribution in [0, 0.1) is 27.7 Å². The summed E-state index contributed by atoms with van der Waals surface area (Å²) in [7, 11) is 0. The van der Waals surface area contributed by atoms with Gasteiger partial charge in [0.1, 0.15) is 0 Å². The summed E-state index contributed by atoms with van der Waals surface area (Å²) >= 11 is 7.98. The molecule has 0 unspecified atom stereocenters. The largest absolute Gasteiger partial charge is 0.310 e. The van der Waals surface area contributed by atoms with Crippen molar-refractivity contribution >= 4 is 62.8 Å². The molecule has 0 aliphatic rings. The smallest absolute Gasteiger partial charge is 0.0888 e. The number of anilines is 9. The first-order valence-corrected chi connectivity index (χ1v) is 20.7. The van der Waals surface area contributed by atoms with Crippen LogP contribution in [0.25, 0.3) is 0 Å². The molecule has 58 heavy (non-hydrogen) atoms. The van der Waals surface area contributed by atoms with Crippen LogP contribution in [0.5, 0.6) is 0 Å². The van der Waals surface area contributed by atoms with Gasteiger partial charge in [-0.25, -0.2) is 0 Å². The SMILES string of the molecule is Cc1ccc(N(c2ccc(C)cc2)c2cc(N(c3ccc(C)cc3)c3ccc(C(C)(C)C)cc3)c(Cl)c(N(c3ccc(C)cc3)c3ccc(C(C)(C)C)cc3)c2)cc1. The number of aryl methyl sites for hydroxylation is 4. The minimum atomic E-state index is 0.0115. The summed E-state index contributed by atoms with van der Waals surface area (Å²) in [6.07, 6.45) is 0. The Morgan fingerprint density at radius 2 is 0.534 bits per heavy atom. The van der Waals surface area contributed by atoms with Crippen LogP contribution in [0.15, 0.2) is 158 Å². The molecule has 0 heterocycles. The fourth-order valence-corrected chi connectivity index (χ4v) is 7.61. The lowest BCUT2D eigenvalue weighted by Crippen LogP contribution is -2.18. The van der Waals surface area contributed by atoms with E-state index in [1.54, 1.807) is 0 Å². The molecule has 0 amide bonds. The van der Waals surface area contributed by atoms with Crippen LogP contribution in [-0.4, -0.2) is 0 Å². The number of benzene rings is 7. The van der Waals surface area contributed by atoms with Gasteiger partial charge in [0.2, 0.25) is 0 Å². The average molecular weight is 783 g/mol. The predicted molar refractivity (Wildman–Crippen MR) is 252 cm³/mol. The van der Waals surface area contributed by atoms with Gasteiger partial charge in [0.15, 0.2) is 0 Å². The first kappa shape index (κ1) is 40.4. The van der Waals surface area contributed by atoms with E-state index in [-0.39, 0.29) is 10.8 Å². The van der Waals surface area contributed by atoms with Crippen LogP contribution in [0.2, 0.25) is 5.02 Å². The number of nitrogens with zero attached hydrogens (tertiary/aromatic N) is 3. The van der Waals surface area contributed by atoms with Gasteiger partial charge in [-0.1, -0.05) is 148 Å². The van der Waals surface area contributed by atoms with Gasteiger partial charge in [0.05, 0.1) is 22.1 Å². The lowest BCUT2D eigenvalue weighted by Gasteiger charge is -2.34. The van der Waals surface area contributed by atoms with E-state index in [1.165, 1.54) is 33.4 Å². The van der Waals surface area contributed by atoms with E-state index in [0.717, 1.165) is 51.2 Å². The molecule has 4 heteroatoms. The van der Waals surface area contributed by atoms with Gasteiger partial charge in [0, 0.05) is 34.1 Å². The monoisotopic (exact) mass is 781 g/mol. The van der Waals surface area contributed by atoms with Crippen molar-refractivity contribution in [2.45, 2.75) is 80.1 Å². The minimum Gasteiger partial charge on any atom is -0.310 e. The summed E-state index contributed by atoms with van der Waals surface area (Å²) in [5.41, 5.74) is 16.3. The van der Waals surface area contributed by atoms with Gasteiger partial charge in [0.25, 0.3) is 0 Å². The highest BCUT2D eigenvalue weighted by Gasteiger charge is 2.27. The van der Waals surface area contributed by atoms with E-state index in [9.17, 15) is 0 Å². The molecule has 0 N–H and O–H groups in total. The van der Waals surface area contributed by atoms with Crippen molar-refractivity contribution in [1.29, 1.82) is 0 Å². The van der Waals surface area contributed by atoms with Gasteiger partial charge in [-0.2, -0.15) is 0 Å². The molecule has 0 atom stereocenters. The second-order valence-corrected chi connectivity index (χ2v) is 18.1. The third-order valence-corrected chi connectivity index (χ3v) is 11.3. The molecular formula is C54H56ClN3. The Labute approximate surface area is 352 Å². The quantitative estimate of drug-likeness (QED) is 0.144. The van der Waals surface area contributed by atoms with Crippen LogP contribution in [0.4, 0.5) is 51.2 Å². The molecule has 7 aromatic rings. The first-order valence-electron chi connectivity index (χ1n) is 20.3. The summed E-state index contributed by atoms with van der Waals surface area (Å²) in [4.78, 5) is 6.95. The van der Waals surface area contributed by atoms with E-state index in [0.29, 0.717) is 5.02 Å². The lowest BCUT2D eigenvalue weighted by molar-refractivity contribution is 0.590. The van der Waals surface area contributed by atoms with Crippen molar-refractivity contribution in [3.05, 3.63) is 196 Å². The average Bonchev–Trinajstić information content (AvgIpc) is 3.19. The Balaban J connectivity index is 1.57. The molecule has 3 nitrogen and oxygen atoms in total. The normalized spacial score (nSPS) is 11.7. The molecule has 7 rings (SSSR count). The van der Waals surface area contributed by atoms with Crippen LogP contribution in [0.1, 0.15) is 74.9 Å². The Hall–Kier alpha value is -5.77. The fourth-order valence-electron chi connectivity index (χ4n) is 7.33. The fraction of sp³-hybridized carbons (Fsp3) is 0.222. The maximum atomic E-state index is 7.98. The molecule has 0 radical (unpaired) electrons. The maximum absolute atomic E-state index is 7.98. The zero-order valence-electron chi connectivity index (χ0n) is 35.7. The molecule has 0 aliphatic heterocycles. The summed E-state index contributed by atoms with van der Waals surface area (Å²) < 4.78 is 0. The van der Waals surface area contributed by atoms with Crippen molar-refractivity contribution in [3.63, 3.8) is 0 Å². The molecule has 7 aromatic carbocycles. The van der Waals surface area contributed by atoms with E-state index < -0.39 is 0 Å². The summed E-state index contributed by atoms with van der Waals surface area (Å²) in [6, 6.07) is 57.4. The number of hydrogen-bond donors (Lipinski definition) is 0. The topological polar surface area (TPSA) is 9.72 Å². The van der Waals surface area contributed by atoms with Crippen molar-refractivity contribution in [2.75, 3.05) is 14.7 Å². The molecule has 0 spiro atoms. The Morgan fingerprint density at radius 3 is 0.776 bits per heavy atom. The minimum absolute atomic E-state index is 0.0115. The summed E-state index contributed by atoms with van der Waals surface area (Å²) in [6.45, 7) is 22.0. The maximum Gasteiger partial charge on any atom is 0.0888 e. The van der Waals surface area contributed by atoms with Crippen LogP contribution in [-0.2, 0) is 10.8 Å². The molecule has 0 aliphatic carbocycles. The van der Waals surface area contributed by atoms with Crippen molar-refractivity contribution in [1.82, 2.24) is 0 Å². The first-order chi connectivity index (χ1) is 27.6. The Kier molecular flexibility index (Phi) is 11.3. The van der Waals surface area contributed by atoms with Crippen molar-refractivity contribution < 1.29 is 0 Å². The Bertz CT molecular complexity index is 2300. The zero-order valence-corrected chi connectivity index (χ0v) is 36.5. The highest BCUT2D eigenvalue weighted by atomic mass is 35.5. The van der Waals surface area contributed by atoms with E-state index in [4.69, 9.17) is 11.6 Å². The van der Waals surface area contributed by atoms with E-state index >= 15 is 0 Å². The second-order valence-electron chi connectivity index (χ2n) is 17.7. The predicted octanol–water partition coefficient (Wildman–Crippen LogP) is 16.6. The molecule has 0 fully saturated rings. The van der Waals surface area contributed by atoms with Gasteiger partial charge in [-0.15, -0.1) is 0 Å². The van der Waals surface area contributed by atoms with Crippen LogP contribution < -0.4 is 14.7 Å². The van der Waals surface area contributed by atoms with Gasteiger partial charge >= 0.3 is 0 Å². The van der Waals surface area contributed by atoms with E-state index in [1.807, 2.05) is 0 Å². The highest BCUT2D eigenvalue weighted by molar-refractivity contribution is 6.37. The van der Waals surface area contributed by atoms with Crippen LogP contribution in [0.3, 0.4) is 0 Å². The standard InChI is InChI=1S/C54H56ClN3/c1-37-11-23-43(24-12-37)56(44-25-13-38(2)14-26-44)49-35-50(57(45-27-15-39(3)16-28-45)47-31-19-41(20-32-47)53(5,6)7)52(55)51(36-49)58(46-29-17-40(4)18-30-46)48-33-21-42(22-34-48)54(8,9)10/h11-36H,1-10H3. The molecular weight excluding hydrogens is 726 g/mol. The van der Waals surface area contributed by atoms with Gasteiger partial charge in [-0.05, 0) is 135 Å². The third-order valence-electron chi connectivity index (χ3n) is 10.9. The van der Waals surface area contributed by atoms with Gasteiger partial charge < -0.3 is 14.7 Å². The summed E-state index contributed by atoms with van der Waals surface area (Å²) in [5.74, 6) is 0. The van der Waals surface area contributed by atoms with Crippen molar-refractivity contribution in [2.24, 2.45) is 0 Å². The molecule has 0 saturated heterocycles. The Morgan fingerprint density at radius 1 is 0.310 bits per heavy atom. The van der Waals surface area contributed by atoms with Gasteiger partial charge in [-0.3, -0.25) is 0 Å². The third kappa shape index (κ3) is 8.71. The van der Waals surface area contributed by atoms with E-state index in [2.05, 4.69) is 242 Å². The lowest BCUT2D eigenvalue weighted by atomic mass is 9.87. The molecule has 0 aromatic heterocycles. The number of hydrogen-bond acceptors (Lipinski definition) is 3. The molecule has 0 bridgehead atoms. The zero-order chi connectivity index (χ0) is 41.4. The van der Waals surface area contributed by atoms with Crippen LogP contribution >= 0.6 is 11.6 Å². The van der Waals surface area contributed by atoms with Crippen molar-refractivity contribution in [3.8, 4) is 0 Å². The number of halogens is 1. The summed E-state index contributed by atoms with van der Waals surface area (Å²) in [5, 5.41) is 0.637. The molecule has 0 saturated carbocycles. The molecule has 294 valence electrons. The highest BCUT2D eigenvalue weighted by Crippen LogP contribution is 2.51. The number of rotatable bonds is 9. The second kappa shape index (κ2) is 16.2.